The van der Waals surface area contributed by atoms with Crippen LogP contribution in [0.25, 0.3) is 0 Å². The molecule has 0 spiro atoms. The molecule has 6 rings (SSSR count). The molecule has 0 amide bonds. The highest BCUT2D eigenvalue weighted by Crippen LogP contribution is 2.33. The van der Waals surface area contributed by atoms with E-state index in [1.807, 2.05) is 12.5 Å². The van der Waals surface area contributed by atoms with Gasteiger partial charge in [-0.3, -0.25) is 0 Å². The van der Waals surface area contributed by atoms with Crippen LogP contribution in [-0.2, 0) is 5.16 Å². The van der Waals surface area contributed by atoms with Crippen molar-refractivity contribution in [3.8, 4) is 5.75 Å². The molecule has 0 N–H and O–H groups in total. The number of aromatic nitrogens is 2. The summed E-state index contributed by atoms with van der Waals surface area (Å²) in [4.78, 5) is 4.42. The van der Waals surface area contributed by atoms with Gasteiger partial charge >= 0.3 is 0 Å². The molecule has 232 valence electrons. The largest absolute Gasteiger partial charge is 0.494 e. The van der Waals surface area contributed by atoms with Gasteiger partial charge in [0.2, 0.25) is 0 Å². The molecule has 0 radical (unpaired) electrons. The molecule has 0 aliphatic rings. The van der Waals surface area contributed by atoms with E-state index in [2.05, 4.69) is 176 Å². The molecule has 5 heteroatoms. The third-order valence-electron chi connectivity index (χ3n) is 8.67. The SMILES string of the molecule is BC(c1ccccc1)c1ccccc1.CCCCCCOc1cccc([SiH2]C(c2ccccc2)(c2ccccc2)n2ccnc2)c1. The van der Waals surface area contributed by atoms with Gasteiger partial charge < -0.3 is 9.30 Å². The Morgan fingerprint density at radius 1 is 0.696 bits per heavy atom. The van der Waals surface area contributed by atoms with Gasteiger partial charge in [-0.1, -0.05) is 165 Å². The van der Waals surface area contributed by atoms with Crippen LogP contribution in [0.15, 0.2) is 164 Å². The van der Waals surface area contributed by atoms with E-state index in [1.165, 1.54) is 46.7 Å². The minimum atomic E-state index is -0.885. The van der Waals surface area contributed by atoms with Crippen LogP contribution >= 0.6 is 0 Å². The second-order valence-corrected chi connectivity index (χ2v) is 14.0. The van der Waals surface area contributed by atoms with E-state index in [1.54, 1.807) is 0 Å². The van der Waals surface area contributed by atoms with Crippen LogP contribution in [0.1, 0.15) is 60.7 Å². The molecule has 0 aliphatic heterocycles. The highest BCUT2D eigenvalue weighted by Gasteiger charge is 2.36. The van der Waals surface area contributed by atoms with E-state index in [0.717, 1.165) is 18.8 Å². The lowest BCUT2D eigenvalue weighted by atomic mass is 9.76. The van der Waals surface area contributed by atoms with Gasteiger partial charge in [-0.25, -0.2) is 4.98 Å². The standard InChI is InChI=1S/C28H32N2OSi.C13H13B/c1-2-3-4-11-21-31-26-17-12-18-27(22-26)32-28(30-20-19-29-23-30,24-13-7-5-8-14-24)25-15-9-6-10-16-25;14-13(11-7-3-1-4-8-11)12-9-5-2-6-10-12/h5-10,12-20,22-23H,2-4,11,21,32H2,1H3;1-10,13H,14H2. The van der Waals surface area contributed by atoms with Crippen molar-refractivity contribution in [2.24, 2.45) is 0 Å². The van der Waals surface area contributed by atoms with Crippen molar-refractivity contribution in [2.75, 3.05) is 6.61 Å². The van der Waals surface area contributed by atoms with Crippen molar-refractivity contribution < 1.29 is 4.74 Å². The first-order chi connectivity index (χ1) is 22.7. The molecule has 46 heavy (non-hydrogen) atoms. The Kier molecular flexibility index (Phi) is 12.2. The van der Waals surface area contributed by atoms with Crippen molar-refractivity contribution in [2.45, 2.75) is 43.6 Å². The van der Waals surface area contributed by atoms with Gasteiger partial charge in [-0.15, -0.1) is 0 Å². The topological polar surface area (TPSA) is 27.1 Å². The summed E-state index contributed by atoms with van der Waals surface area (Å²) < 4.78 is 8.41. The van der Waals surface area contributed by atoms with E-state index in [0.29, 0.717) is 5.82 Å². The molecule has 0 saturated heterocycles. The molecule has 0 aliphatic carbocycles. The molecule has 1 aromatic heterocycles. The van der Waals surface area contributed by atoms with E-state index >= 15 is 0 Å². The predicted molar refractivity (Wildman–Crippen MR) is 199 cm³/mol. The fourth-order valence-electron chi connectivity index (χ4n) is 6.11. The summed E-state index contributed by atoms with van der Waals surface area (Å²) >= 11 is 0. The number of nitrogens with zero attached hydrogens (tertiary/aromatic N) is 2. The molecule has 3 nitrogen and oxygen atoms in total. The summed E-state index contributed by atoms with van der Waals surface area (Å²) in [5.74, 6) is 1.46. The van der Waals surface area contributed by atoms with Crippen LogP contribution < -0.4 is 9.92 Å². The molecule has 0 unspecified atom stereocenters. The quantitative estimate of drug-likeness (QED) is 0.0988. The molecule has 0 saturated carbocycles. The zero-order valence-electron chi connectivity index (χ0n) is 27.2. The molecule has 1 heterocycles. The molecule has 0 fully saturated rings. The summed E-state index contributed by atoms with van der Waals surface area (Å²) in [7, 11) is 1.36. The lowest BCUT2D eigenvalue weighted by Gasteiger charge is -2.37. The fraction of sp³-hybridized carbons (Fsp3) is 0.195. The maximum Gasteiger partial charge on any atom is 0.119 e. The molecule has 0 bridgehead atoms. The Morgan fingerprint density at radius 3 is 1.78 bits per heavy atom. The third kappa shape index (κ3) is 8.55. The van der Waals surface area contributed by atoms with Crippen LogP contribution in [0.4, 0.5) is 0 Å². The lowest BCUT2D eigenvalue weighted by Crippen LogP contribution is -2.46. The normalized spacial score (nSPS) is 11.3. The van der Waals surface area contributed by atoms with Crippen LogP contribution in [0.5, 0.6) is 5.75 Å². The fourth-order valence-corrected chi connectivity index (χ4v) is 8.51. The Labute approximate surface area is 278 Å². The number of rotatable bonds is 13. The zero-order chi connectivity index (χ0) is 31.9. The first-order valence-corrected chi connectivity index (χ1v) is 18.0. The minimum Gasteiger partial charge on any atom is -0.494 e. The lowest BCUT2D eigenvalue weighted by molar-refractivity contribution is 0.305. The number of benzene rings is 5. The van der Waals surface area contributed by atoms with Crippen molar-refractivity contribution in [1.29, 1.82) is 0 Å². The first-order valence-electron chi connectivity index (χ1n) is 16.6. The molecule has 5 aromatic carbocycles. The van der Waals surface area contributed by atoms with Crippen molar-refractivity contribution >= 4 is 22.6 Å². The minimum absolute atomic E-state index is 0.265. The van der Waals surface area contributed by atoms with E-state index < -0.39 is 9.52 Å². The van der Waals surface area contributed by atoms with E-state index in [4.69, 9.17) is 4.74 Å². The predicted octanol–water partition coefficient (Wildman–Crippen LogP) is 7.50. The summed E-state index contributed by atoms with van der Waals surface area (Å²) in [6.45, 7) is 3.02. The second-order valence-electron chi connectivity index (χ2n) is 11.8. The smallest absolute Gasteiger partial charge is 0.119 e. The molecular weight excluding hydrogens is 575 g/mol. The molecule has 0 atom stereocenters. The highest BCUT2D eigenvalue weighted by atomic mass is 28.2. The summed E-state index contributed by atoms with van der Waals surface area (Å²) in [6, 6.07) is 51.6. The number of unbranched alkanes of at least 4 members (excludes halogenated alkanes) is 3. The Hall–Kier alpha value is -4.61. The monoisotopic (exact) mass is 620 g/mol. The van der Waals surface area contributed by atoms with Crippen LogP contribution in [-0.4, -0.2) is 33.5 Å². The van der Waals surface area contributed by atoms with Gasteiger partial charge in [0.05, 0.1) is 27.6 Å². The van der Waals surface area contributed by atoms with Crippen molar-refractivity contribution in [1.82, 2.24) is 9.55 Å². The number of hydrogen-bond donors (Lipinski definition) is 0. The zero-order valence-corrected chi connectivity index (χ0v) is 28.6. The van der Waals surface area contributed by atoms with E-state index in [-0.39, 0.29) is 5.16 Å². The van der Waals surface area contributed by atoms with Crippen LogP contribution in [0.2, 0.25) is 0 Å². The number of ether oxygens (including phenoxy) is 1. The van der Waals surface area contributed by atoms with Gasteiger partial charge in [0.1, 0.15) is 13.6 Å². The molecule has 6 aromatic rings. The summed E-state index contributed by atoms with van der Waals surface area (Å²) in [6.07, 6.45) is 10.8. The Balaban J connectivity index is 0.000000247. The average Bonchev–Trinajstić information content (AvgIpc) is 3.68. The number of hydrogen-bond acceptors (Lipinski definition) is 2. The third-order valence-corrected chi connectivity index (χ3v) is 11.2. The number of imidazole rings is 1. The van der Waals surface area contributed by atoms with Crippen LogP contribution in [0.3, 0.4) is 0 Å². The summed E-state index contributed by atoms with van der Waals surface area (Å²) in [5.41, 5.74) is 5.33. The van der Waals surface area contributed by atoms with Gasteiger partial charge in [-0.2, -0.15) is 0 Å². The highest BCUT2D eigenvalue weighted by molar-refractivity contribution is 6.57. The Morgan fingerprint density at radius 2 is 1.26 bits per heavy atom. The van der Waals surface area contributed by atoms with Crippen molar-refractivity contribution in [3.63, 3.8) is 0 Å². The van der Waals surface area contributed by atoms with Crippen molar-refractivity contribution in [3.05, 3.63) is 187 Å². The average molecular weight is 621 g/mol. The van der Waals surface area contributed by atoms with Gasteiger partial charge in [0, 0.05) is 12.4 Å². The van der Waals surface area contributed by atoms with Crippen LogP contribution in [0, 0.1) is 0 Å². The Bertz CT molecular complexity index is 1600. The maximum atomic E-state index is 6.11. The second kappa shape index (κ2) is 17.2. The van der Waals surface area contributed by atoms with Gasteiger partial charge in [0.25, 0.3) is 0 Å². The van der Waals surface area contributed by atoms with Gasteiger partial charge in [0.15, 0.2) is 0 Å². The maximum absolute atomic E-state index is 6.11. The van der Waals surface area contributed by atoms with Gasteiger partial charge in [-0.05, 0) is 46.6 Å². The van der Waals surface area contributed by atoms with E-state index in [9.17, 15) is 0 Å². The molecular formula is C41H45BN2OSi. The first kappa shape index (κ1) is 32.8. The summed E-state index contributed by atoms with van der Waals surface area (Å²) in [5, 5.41) is 1.11.